The molecular weight excluding hydrogens is 704 g/mol. The normalized spacial score (nSPS) is 27.6. The standard InChI is InChI=1S/C29H37.C13H19.C6H5.C2H5.CH2.Zr/c1-18-25-22-17-19-13-9-10-14-20(19)24(22)21-15-11-12-16-23(21)29(25,8)28(6,7)27(4,5)26(18,2)3;1-11-6-7-12(10-11)13(2)8-4-3-5-9-13;1-2-4-6-5-3-1;1-2;;/h9-11,13-15,23H,12,16-17H2,1-8H3;7,10-11H,3-5,8-9H2,1-2H3;1-5H;1H2,2H3;1H2;/q4*-1;;. The molecule has 280 valence electrons. The van der Waals surface area contributed by atoms with E-state index in [1.54, 1.807) is 40.7 Å². The summed E-state index contributed by atoms with van der Waals surface area (Å²) in [6.07, 6.45) is 23.5. The van der Waals surface area contributed by atoms with E-state index in [2.05, 4.69) is 141 Å². The molecule has 0 spiro atoms. The summed E-state index contributed by atoms with van der Waals surface area (Å²) in [5.41, 5.74) is 12.3. The minimum atomic E-state index is 0.164. The van der Waals surface area contributed by atoms with Gasteiger partial charge in [0.2, 0.25) is 0 Å². The van der Waals surface area contributed by atoms with Gasteiger partial charge in [0.05, 0.1) is 0 Å². The van der Waals surface area contributed by atoms with Crippen LogP contribution in [0.4, 0.5) is 0 Å². The summed E-state index contributed by atoms with van der Waals surface area (Å²) in [7, 11) is 0. The van der Waals surface area contributed by atoms with E-state index >= 15 is 0 Å². The fourth-order valence-corrected chi connectivity index (χ4v) is 10.5. The maximum absolute atomic E-state index is 3.37. The largest absolute Gasteiger partial charge is 0.184 e. The van der Waals surface area contributed by atoms with Gasteiger partial charge in [0.15, 0.2) is 0 Å². The van der Waals surface area contributed by atoms with Gasteiger partial charge in [-0.25, -0.2) is 12.0 Å². The molecule has 0 aromatic heterocycles. The Kier molecular flexibility index (Phi) is 13.9. The molecule has 52 heavy (non-hydrogen) atoms. The summed E-state index contributed by atoms with van der Waals surface area (Å²) >= 11 is 1.30. The van der Waals surface area contributed by atoms with Crippen LogP contribution in [-0.2, 0) is 30.7 Å². The van der Waals surface area contributed by atoms with Crippen molar-refractivity contribution in [3.05, 3.63) is 137 Å². The summed E-state index contributed by atoms with van der Waals surface area (Å²) in [4.78, 5) is 0. The van der Waals surface area contributed by atoms with Crippen LogP contribution in [0.2, 0.25) is 0 Å². The third-order valence-electron chi connectivity index (χ3n) is 15.0. The third kappa shape index (κ3) is 7.28. The minimum absolute atomic E-state index is 0.164. The van der Waals surface area contributed by atoms with Crippen LogP contribution in [0.15, 0.2) is 101 Å². The van der Waals surface area contributed by atoms with Gasteiger partial charge in [-0.2, -0.15) is 66.1 Å². The molecule has 3 atom stereocenters. The van der Waals surface area contributed by atoms with Gasteiger partial charge in [0, 0.05) is 0 Å². The van der Waals surface area contributed by atoms with Gasteiger partial charge in [-0.05, 0) is 40.6 Å². The van der Waals surface area contributed by atoms with Gasteiger partial charge in [-0.15, -0.1) is 6.92 Å². The molecule has 0 saturated heterocycles. The second-order valence-corrected chi connectivity index (χ2v) is 17.7. The summed E-state index contributed by atoms with van der Waals surface area (Å²) in [6, 6.07) is 21.7. The number of allylic oxidation sites excluding steroid dienone is 10. The smallest absolute Gasteiger partial charge is 0.171 e. The average Bonchev–Trinajstić information content (AvgIpc) is 3.78. The molecule has 1 heteroatoms. The molecule has 6 aliphatic carbocycles. The van der Waals surface area contributed by atoms with Crippen LogP contribution < -0.4 is 0 Å². The molecule has 0 bridgehead atoms. The first-order chi connectivity index (χ1) is 24.7. The monoisotopic (exact) mass is 770 g/mol. The SMILES string of the molecule is CC1[C-]=CC(C2(C)CCCCC2)=C1.C[C-]1C2=C3Cc4ccccc4C3=C3C=CCCC3C2(C)C(C)(C)C(C)(C)C1(C)C.[CH2-]C.[CH2]=[Zr].[c-]1ccccc1. The van der Waals surface area contributed by atoms with Crippen molar-refractivity contribution in [3.8, 4) is 0 Å². The van der Waals surface area contributed by atoms with Crippen LogP contribution in [0.3, 0.4) is 0 Å². The van der Waals surface area contributed by atoms with Crippen LogP contribution in [-0.4, -0.2) is 4.21 Å². The fraction of sp³-hybridized carbons (Fsp3) is 0.510. The van der Waals surface area contributed by atoms with Crippen LogP contribution in [0, 0.1) is 63.9 Å². The fourth-order valence-electron chi connectivity index (χ4n) is 10.5. The van der Waals surface area contributed by atoms with Crippen molar-refractivity contribution < 1.29 is 24.2 Å². The van der Waals surface area contributed by atoms with E-state index < -0.39 is 0 Å². The molecule has 2 saturated carbocycles. The second kappa shape index (κ2) is 17.1. The van der Waals surface area contributed by atoms with E-state index in [9.17, 15) is 0 Å². The number of rotatable bonds is 1. The number of benzene rings is 2. The topological polar surface area (TPSA) is 0 Å². The molecule has 0 heterocycles. The van der Waals surface area contributed by atoms with Gasteiger partial charge in [0.25, 0.3) is 0 Å². The minimum Gasteiger partial charge on any atom is -0.184 e. The van der Waals surface area contributed by atoms with Crippen molar-refractivity contribution in [2.24, 2.45) is 38.9 Å². The molecule has 2 aromatic rings. The molecule has 0 aliphatic heterocycles. The maximum Gasteiger partial charge on any atom is -0.171 e. The first-order valence-corrected chi connectivity index (χ1v) is 21.8. The maximum atomic E-state index is 3.37. The molecule has 0 radical (unpaired) electrons. The van der Waals surface area contributed by atoms with E-state index in [4.69, 9.17) is 0 Å². The van der Waals surface area contributed by atoms with Crippen LogP contribution >= 0.6 is 0 Å². The van der Waals surface area contributed by atoms with Crippen molar-refractivity contribution in [1.29, 1.82) is 0 Å². The first-order valence-electron chi connectivity index (χ1n) is 20.0. The number of fused-ring (bicyclic) bond motifs is 6. The van der Waals surface area contributed by atoms with Gasteiger partial charge in [-0.1, -0.05) is 171 Å². The van der Waals surface area contributed by atoms with E-state index in [0.717, 1.165) is 6.42 Å². The van der Waals surface area contributed by atoms with Gasteiger partial charge >= 0.3 is 28.4 Å². The van der Waals surface area contributed by atoms with Crippen molar-refractivity contribution in [2.75, 3.05) is 0 Å². The first kappa shape index (κ1) is 42.5. The summed E-state index contributed by atoms with van der Waals surface area (Å²) in [5, 5.41) is 0. The molecular formula is C51H68Zr-4. The molecule has 0 nitrogen and oxygen atoms in total. The summed E-state index contributed by atoms with van der Waals surface area (Å²) < 4.78 is 3.34. The molecule has 0 amide bonds. The second-order valence-electron chi connectivity index (χ2n) is 17.7. The Bertz CT molecular complexity index is 1640. The Labute approximate surface area is 335 Å². The molecule has 6 aliphatic rings. The van der Waals surface area contributed by atoms with Gasteiger partial charge < -0.3 is 6.92 Å². The number of hydrogen-bond donors (Lipinski definition) is 0. The Morgan fingerprint density at radius 2 is 1.48 bits per heavy atom. The third-order valence-corrected chi connectivity index (χ3v) is 15.0. The van der Waals surface area contributed by atoms with E-state index in [-0.39, 0.29) is 21.7 Å². The predicted octanol–water partition coefficient (Wildman–Crippen LogP) is 14.2. The van der Waals surface area contributed by atoms with Crippen LogP contribution in [0.25, 0.3) is 5.57 Å². The molecule has 2 aromatic carbocycles. The summed E-state index contributed by atoms with van der Waals surface area (Å²) in [5.74, 6) is 2.79. The van der Waals surface area contributed by atoms with E-state index in [1.807, 2.05) is 30.3 Å². The van der Waals surface area contributed by atoms with Crippen LogP contribution in [0.5, 0.6) is 0 Å². The van der Waals surface area contributed by atoms with Gasteiger partial charge in [-0.3, -0.25) is 6.08 Å². The zero-order valence-corrected chi connectivity index (χ0v) is 37.2. The Balaban J connectivity index is 0.000000216. The predicted molar refractivity (Wildman–Crippen MR) is 224 cm³/mol. The van der Waals surface area contributed by atoms with Crippen molar-refractivity contribution in [3.63, 3.8) is 0 Å². The quantitative estimate of drug-likeness (QED) is 0.253. The molecule has 3 unspecified atom stereocenters. The van der Waals surface area contributed by atoms with E-state index in [1.165, 1.54) is 80.3 Å². The van der Waals surface area contributed by atoms with Crippen molar-refractivity contribution >= 4 is 9.78 Å². The van der Waals surface area contributed by atoms with Crippen molar-refractivity contribution in [1.82, 2.24) is 0 Å². The average molecular weight is 772 g/mol. The van der Waals surface area contributed by atoms with Gasteiger partial charge in [0.1, 0.15) is 0 Å². The molecule has 8 rings (SSSR count). The molecule has 2 fully saturated rings. The summed E-state index contributed by atoms with van der Waals surface area (Å²) in [6.45, 7) is 29.9. The zero-order valence-electron chi connectivity index (χ0n) is 34.7. The van der Waals surface area contributed by atoms with Crippen LogP contribution in [0.1, 0.15) is 132 Å². The zero-order chi connectivity index (χ0) is 38.5. The van der Waals surface area contributed by atoms with E-state index in [0.29, 0.717) is 17.3 Å². The van der Waals surface area contributed by atoms with Crippen molar-refractivity contribution in [2.45, 2.75) is 128 Å². The Morgan fingerprint density at radius 3 is 2.04 bits per heavy atom. The Hall–Kier alpha value is -2.24. The Morgan fingerprint density at radius 1 is 0.846 bits per heavy atom. The number of hydrogen-bond acceptors (Lipinski definition) is 0. The molecule has 0 N–H and O–H groups in total.